The monoisotopic (exact) mass is 532 g/mol. The van der Waals surface area contributed by atoms with E-state index < -0.39 is 38.4 Å². The molecule has 0 aromatic heterocycles. The van der Waals surface area contributed by atoms with Crippen LogP contribution in [0, 0.1) is 0 Å². The minimum Gasteiger partial charge on any atom is -0.493 e. The van der Waals surface area contributed by atoms with E-state index in [0.29, 0.717) is 17.1 Å². The molecule has 1 atom stereocenters. The number of sulfonamides is 1. The second kappa shape index (κ2) is 11.0. The highest BCUT2D eigenvalue weighted by Crippen LogP contribution is 2.33. The van der Waals surface area contributed by atoms with E-state index in [4.69, 9.17) is 9.47 Å². The zero-order valence-electron chi connectivity index (χ0n) is 20.3. The summed E-state index contributed by atoms with van der Waals surface area (Å²) in [6.45, 7) is 1.22. The summed E-state index contributed by atoms with van der Waals surface area (Å²) < 4.78 is 62.0. The summed E-state index contributed by atoms with van der Waals surface area (Å²) in [6.07, 6.45) is 1.11. The minimum absolute atomic E-state index is 0.0250. The first-order valence-electron chi connectivity index (χ1n) is 10.9. The Hall–Kier alpha value is -3.57. The van der Waals surface area contributed by atoms with Gasteiger partial charge in [0.1, 0.15) is 6.54 Å². The van der Waals surface area contributed by atoms with Crippen molar-refractivity contribution in [2.75, 3.05) is 31.3 Å². The lowest BCUT2D eigenvalue weighted by atomic mass is 10.1. The summed E-state index contributed by atoms with van der Waals surface area (Å²) in [5.74, 6) is 0.168. The molecule has 0 heterocycles. The first-order valence-corrected chi connectivity index (χ1v) is 14.2. The fourth-order valence-corrected chi connectivity index (χ4v) is 5.58. The van der Waals surface area contributed by atoms with E-state index in [1.165, 1.54) is 50.6 Å². The molecule has 0 saturated carbocycles. The molecule has 1 N–H and O–H groups in total. The van der Waals surface area contributed by atoms with Gasteiger partial charge in [-0.25, -0.2) is 16.8 Å². The summed E-state index contributed by atoms with van der Waals surface area (Å²) in [4.78, 5) is 13.2. The minimum atomic E-state index is -4.11. The number of carbonyl (C=O) groups is 1. The van der Waals surface area contributed by atoms with Crippen molar-refractivity contribution in [3.8, 4) is 11.5 Å². The predicted molar refractivity (Wildman–Crippen MR) is 137 cm³/mol. The lowest BCUT2D eigenvalue weighted by Gasteiger charge is -2.26. The fraction of sp³-hybridized carbons (Fsp3) is 0.240. The smallest absolute Gasteiger partial charge is 0.264 e. The van der Waals surface area contributed by atoms with Crippen molar-refractivity contribution in [3.63, 3.8) is 0 Å². The van der Waals surface area contributed by atoms with Crippen molar-refractivity contribution in [1.82, 2.24) is 5.32 Å². The van der Waals surface area contributed by atoms with Gasteiger partial charge in [0, 0.05) is 12.3 Å². The molecule has 36 heavy (non-hydrogen) atoms. The highest BCUT2D eigenvalue weighted by Gasteiger charge is 2.28. The molecule has 0 aliphatic rings. The summed E-state index contributed by atoms with van der Waals surface area (Å²) in [6, 6.07) is 18.0. The Bertz CT molecular complexity index is 1420. The molecule has 0 fully saturated rings. The summed E-state index contributed by atoms with van der Waals surface area (Å²) in [5.41, 5.74) is 0.885. The van der Waals surface area contributed by atoms with E-state index in [0.717, 1.165) is 10.6 Å². The van der Waals surface area contributed by atoms with Gasteiger partial charge >= 0.3 is 0 Å². The molecule has 11 heteroatoms. The van der Waals surface area contributed by atoms with Crippen molar-refractivity contribution >= 4 is 31.5 Å². The van der Waals surface area contributed by atoms with Crippen molar-refractivity contribution in [2.24, 2.45) is 0 Å². The summed E-state index contributed by atoms with van der Waals surface area (Å²) in [7, 11) is -4.56. The van der Waals surface area contributed by atoms with Crippen LogP contribution in [0.2, 0.25) is 0 Å². The van der Waals surface area contributed by atoms with Crippen LogP contribution in [0.3, 0.4) is 0 Å². The Kier molecular flexibility index (Phi) is 8.26. The Morgan fingerprint density at radius 1 is 0.861 bits per heavy atom. The molecule has 0 aliphatic carbocycles. The number of carbonyl (C=O) groups excluding carboxylic acids is 1. The number of methoxy groups -OCH3 is 2. The molecule has 192 valence electrons. The molecule has 3 rings (SSSR count). The number of anilines is 1. The van der Waals surface area contributed by atoms with Gasteiger partial charge in [0.05, 0.1) is 35.7 Å². The van der Waals surface area contributed by atoms with Gasteiger partial charge in [0.15, 0.2) is 21.3 Å². The first-order chi connectivity index (χ1) is 17.0. The maximum Gasteiger partial charge on any atom is 0.264 e. The van der Waals surface area contributed by atoms with Crippen LogP contribution in [0.15, 0.2) is 82.6 Å². The normalized spacial score (nSPS) is 12.4. The van der Waals surface area contributed by atoms with Gasteiger partial charge in [-0.15, -0.1) is 0 Å². The van der Waals surface area contributed by atoms with E-state index in [2.05, 4.69) is 5.32 Å². The van der Waals surface area contributed by atoms with Crippen LogP contribution >= 0.6 is 0 Å². The molecule has 0 bridgehead atoms. The topological polar surface area (TPSA) is 119 Å². The fourth-order valence-electron chi connectivity index (χ4n) is 3.52. The first kappa shape index (κ1) is 27.0. The van der Waals surface area contributed by atoms with Crippen LogP contribution in [0.1, 0.15) is 18.5 Å². The van der Waals surface area contributed by atoms with Crippen molar-refractivity contribution in [1.29, 1.82) is 0 Å². The van der Waals surface area contributed by atoms with Crippen molar-refractivity contribution < 1.29 is 31.1 Å². The van der Waals surface area contributed by atoms with E-state index in [1.54, 1.807) is 43.3 Å². The third-order valence-corrected chi connectivity index (χ3v) is 8.38. The Labute approximate surface area is 211 Å². The number of ether oxygens (including phenoxy) is 2. The third-order valence-electron chi connectivity index (χ3n) is 5.46. The van der Waals surface area contributed by atoms with Crippen LogP contribution in [0.5, 0.6) is 11.5 Å². The standard InChI is InChI=1S/C25H28N2O7S2/c1-18(19-10-13-21(14-11-19)35(4,29)30)26-25(28)17-27(36(31,32)22-8-6-5-7-9-22)20-12-15-23(33-2)24(16-20)34-3/h5-16,18H,17H2,1-4H3,(H,26,28)/t18-/m1/s1. The maximum atomic E-state index is 13.5. The third kappa shape index (κ3) is 6.16. The highest BCUT2D eigenvalue weighted by molar-refractivity contribution is 7.93. The zero-order chi connectivity index (χ0) is 26.5. The lowest BCUT2D eigenvalue weighted by molar-refractivity contribution is -0.120. The van der Waals surface area contributed by atoms with Crippen molar-refractivity contribution in [2.45, 2.75) is 22.8 Å². The largest absolute Gasteiger partial charge is 0.493 e. The predicted octanol–water partition coefficient (Wildman–Crippen LogP) is 3.18. The molecular weight excluding hydrogens is 504 g/mol. The zero-order valence-corrected chi connectivity index (χ0v) is 22.0. The van der Waals surface area contributed by atoms with Gasteiger partial charge in [-0.05, 0) is 48.9 Å². The van der Waals surface area contributed by atoms with Crippen LogP contribution in [-0.2, 0) is 24.7 Å². The quantitative estimate of drug-likeness (QED) is 0.426. The number of rotatable bonds is 10. The van der Waals surface area contributed by atoms with Crippen molar-refractivity contribution in [3.05, 3.63) is 78.4 Å². The molecule has 0 radical (unpaired) electrons. The average Bonchev–Trinajstić information content (AvgIpc) is 2.86. The number of hydrogen-bond donors (Lipinski definition) is 1. The summed E-state index contributed by atoms with van der Waals surface area (Å²) in [5, 5.41) is 2.78. The number of benzene rings is 3. The van der Waals surface area contributed by atoms with E-state index in [9.17, 15) is 21.6 Å². The molecule has 0 unspecified atom stereocenters. The lowest BCUT2D eigenvalue weighted by Crippen LogP contribution is -2.41. The Balaban J connectivity index is 1.91. The van der Waals surface area contributed by atoms with Gasteiger partial charge in [-0.2, -0.15) is 0 Å². The number of hydrogen-bond acceptors (Lipinski definition) is 7. The van der Waals surface area contributed by atoms with Gasteiger partial charge in [0.25, 0.3) is 10.0 Å². The molecule has 3 aromatic rings. The number of amides is 1. The van der Waals surface area contributed by atoms with Crippen LogP contribution < -0.4 is 19.1 Å². The van der Waals surface area contributed by atoms with Crippen LogP contribution in [0.25, 0.3) is 0 Å². The number of nitrogens with one attached hydrogen (secondary N) is 1. The molecule has 0 aliphatic heterocycles. The van der Waals surface area contributed by atoms with Crippen LogP contribution in [-0.4, -0.2) is 49.8 Å². The number of sulfone groups is 1. The summed E-state index contributed by atoms with van der Waals surface area (Å²) >= 11 is 0. The average molecular weight is 533 g/mol. The second-order valence-corrected chi connectivity index (χ2v) is 11.9. The molecule has 0 saturated heterocycles. The molecule has 0 spiro atoms. The van der Waals surface area contributed by atoms with Gasteiger partial charge in [0.2, 0.25) is 5.91 Å². The van der Waals surface area contributed by atoms with Crippen LogP contribution in [0.4, 0.5) is 5.69 Å². The van der Waals surface area contributed by atoms with E-state index in [1.807, 2.05) is 0 Å². The highest BCUT2D eigenvalue weighted by atomic mass is 32.2. The Morgan fingerprint density at radius 3 is 2.03 bits per heavy atom. The van der Waals surface area contributed by atoms with Gasteiger partial charge in [-0.1, -0.05) is 30.3 Å². The Morgan fingerprint density at radius 2 is 1.47 bits per heavy atom. The van der Waals surface area contributed by atoms with E-state index in [-0.39, 0.29) is 15.5 Å². The molecule has 9 nitrogen and oxygen atoms in total. The van der Waals surface area contributed by atoms with E-state index >= 15 is 0 Å². The SMILES string of the molecule is COc1ccc(N(CC(=O)N[C@H](C)c2ccc(S(C)(=O)=O)cc2)S(=O)(=O)c2ccccc2)cc1OC. The number of nitrogens with zero attached hydrogens (tertiary/aromatic N) is 1. The maximum absolute atomic E-state index is 13.5. The molecular formula is C25H28N2O7S2. The second-order valence-electron chi connectivity index (χ2n) is 7.99. The molecule has 1 amide bonds. The molecule has 3 aromatic carbocycles. The van der Waals surface area contributed by atoms with Gasteiger partial charge in [-0.3, -0.25) is 9.10 Å². The van der Waals surface area contributed by atoms with Gasteiger partial charge < -0.3 is 14.8 Å².